The molecule has 1 heterocycles. The van der Waals surface area contributed by atoms with Crippen molar-refractivity contribution in [3.8, 4) is 6.07 Å². The van der Waals surface area contributed by atoms with Crippen LogP contribution in [0.5, 0.6) is 0 Å². The number of nitriles is 1. The number of benzene rings is 1. The molecule has 0 fully saturated rings. The topological polar surface area (TPSA) is 39.9 Å². The van der Waals surface area contributed by atoms with E-state index in [1.165, 1.54) is 0 Å². The SMILES string of the molecule is Cc1cc(N(C)CC(C)C#N)c2ccccc2n1. The van der Waals surface area contributed by atoms with E-state index in [2.05, 4.69) is 28.1 Å². The van der Waals surface area contributed by atoms with Crippen molar-refractivity contribution in [2.45, 2.75) is 13.8 Å². The molecule has 0 spiro atoms. The number of fused-ring (bicyclic) bond motifs is 1. The highest BCUT2D eigenvalue weighted by atomic mass is 15.1. The minimum atomic E-state index is 0.0160. The zero-order valence-corrected chi connectivity index (χ0v) is 11.0. The first-order valence-corrected chi connectivity index (χ1v) is 6.09. The lowest BCUT2D eigenvalue weighted by molar-refractivity contribution is 0.717. The van der Waals surface area contributed by atoms with Crippen LogP contribution in [0.4, 0.5) is 5.69 Å². The number of rotatable bonds is 3. The molecular weight excluding hydrogens is 222 g/mol. The molecule has 2 rings (SSSR count). The number of hydrogen-bond donors (Lipinski definition) is 0. The van der Waals surface area contributed by atoms with Gasteiger partial charge >= 0.3 is 0 Å². The normalized spacial score (nSPS) is 12.1. The van der Waals surface area contributed by atoms with Crippen molar-refractivity contribution in [2.75, 3.05) is 18.5 Å². The first kappa shape index (κ1) is 12.4. The van der Waals surface area contributed by atoms with Gasteiger partial charge in [0, 0.05) is 30.4 Å². The van der Waals surface area contributed by atoms with Crippen LogP contribution in [0.2, 0.25) is 0 Å². The number of hydrogen-bond acceptors (Lipinski definition) is 3. The fourth-order valence-electron chi connectivity index (χ4n) is 2.15. The van der Waals surface area contributed by atoms with E-state index in [1.807, 2.05) is 39.1 Å². The van der Waals surface area contributed by atoms with Gasteiger partial charge in [-0.2, -0.15) is 5.26 Å². The third-order valence-electron chi connectivity index (χ3n) is 3.00. The maximum absolute atomic E-state index is 8.91. The minimum Gasteiger partial charge on any atom is -0.373 e. The summed E-state index contributed by atoms with van der Waals surface area (Å²) >= 11 is 0. The van der Waals surface area contributed by atoms with Crippen LogP contribution < -0.4 is 4.90 Å². The van der Waals surface area contributed by atoms with Crippen molar-refractivity contribution in [2.24, 2.45) is 5.92 Å². The van der Waals surface area contributed by atoms with Gasteiger partial charge in [-0.3, -0.25) is 4.98 Å². The second-order valence-electron chi connectivity index (χ2n) is 4.71. The van der Waals surface area contributed by atoms with Crippen LogP contribution in [0.3, 0.4) is 0 Å². The molecule has 92 valence electrons. The van der Waals surface area contributed by atoms with E-state index in [4.69, 9.17) is 5.26 Å². The number of aromatic nitrogens is 1. The molecule has 1 atom stereocenters. The summed E-state index contributed by atoms with van der Waals surface area (Å²) in [6.45, 7) is 4.66. The van der Waals surface area contributed by atoms with Crippen LogP contribution in [0.25, 0.3) is 10.9 Å². The van der Waals surface area contributed by atoms with Gasteiger partial charge in [0.25, 0.3) is 0 Å². The lowest BCUT2D eigenvalue weighted by Crippen LogP contribution is -2.23. The Morgan fingerprint density at radius 3 is 2.83 bits per heavy atom. The predicted octanol–water partition coefficient (Wildman–Crippen LogP) is 3.14. The Bertz CT molecular complexity index is 598. The fraction of sp³-hybridized carbons (Fsp3) is 0.333. The quantitative estimate of drug-likeness (QED) is 0.826. The summed E-state index contributed by atoms with van der Waals surface area (Å²) < 4.78 is 0. The molecule has 3 nitrogen and oxygen atoms in total. The first-order valence-electron chi connectivity index (χ1n) is 6.09. The molecule has 18 heavy (non-hydrogen) atoms. The van der Waals surface area contributed by atoms with Crippen molar-refractivity contribution in [3.63, 3.8) is 0 Å². The van der Waals surface area contributed by atoms with Crippen LogP contribution >= 0.6 is 0 Å². The molecule has 0 N–H and O–H groups in total. The standard InChI is InChI=1S/C15H17N3/c1-11(9-16)10-18(3)15-8-12(2)17-14-7-5-4-6-13(14)15/h4-8,11H,10H2,1-3H3. The third-order valence-corrected chi connectivity index (χ3v) is 3.00. The highest BCUT2D eigenvalue weighted by Crippen LogP contribution is 2.26. The molecule has 0 aliphatic heterocycles. The summed E-state index contributed by atoms with van der Waals surface area (Å²) in [5, 5.41) is 10.0. The molecule has 0 amide bonds. The van der Waals surface area contributed by atoms with Crippen molar-refractivity contribution < 1.29 is 0 Å². The summed E-state index contributed by atoms with van der Waals surface area (Å²) in [5.41, 5.74) is 3.14. The largest absolute Gasteiger partial charge is 0.373 e. The van der Waals surface area contributed by atoms with Gasteiger partial charge in [-0.15, -0.1) is 0 Å². The van der Waals surface area contributed by atoms with E-state index >= 15 is 0 Å². The highest BCUT2D eigenvalue weighted by molar-refractivity contribution is 5.91. The molecule has 3 heteroatoms. The zero-order chi connectivity index (χ0) is 13.1. The van der Waals surface area contributed by atoms with Gasteiger partial charge in [0.2, 0.25) is 0 Å². The maximum Gasteiger partial charge on any atom is 0.0726 e. The first-order chi connectivity index (χ1) is 8.61. The van der Waals surface area contributed by atoms with Crippen LogP contribution in [0.15, 0.2) is 30.3 Å². The zero-order valence-electron chi connectivity index (χ0n) is 11.0. The van der Waals surface area contributed by atoms with Gasteiger partial charge < -0.3 is 4.90 Å². The van der Waals surface area contributed by atoms with Crippen molar-refractivity contribution in [3.05, 3.63) is 36.0 Å². The Hall–Kier alpha value is -2.08. The molecule has 1 aromatic carbocycles. The molecule has 0 saturated heterocycles. The van der Waals surface area contributed by atoms with Crippen LogP contribution in [-0.2, 0) is 0 Å². The minimum absolute atomic E-state index is 0.0160. The monoisotopic (exact) mass is 239 g/mol. The van der Waals surface area contributed by atoms with Crippen molar-refractivity contribution in [1.82, 2.24) is 4.98 Å². The average Bonchev–Trinajstić information content (AvgIpc) is 2.37. The van der Waals surface area contributed by atoms with Gasteiger partial charge in [-0.05, 0) is 26.0 Å². The second-order valence-corrected chi connectivity index (χ2v) is 4.71. The predicted molar refractivity (Wildman–Crippen MR) is 74.5 cm³/mol. The molecule has 2 aromatic rings. The lowest BCUT2D eigenvalue weighted by atomic mass is 10.1. The Labute approximate surface area is 108 Å². The number of pyridine rings is 1. The second kappa shape index (κ2) is 5.05. The highest BCUT2D eigenvalue weighted by Gasteiger charge is 2.10. The average molecular weight is 239 g/mol. The van der Waals surface area contributed by atoms with Gasteiger partial charge in [0.05, 0.1) is 17.5 Å². The summed E-state index contributed by atoms with van der Waals surface area (Å²) in [4.78, 5) is 6.66. The molecular formula is C15H17N3. The fourth-order valence-corrected chi connectivity index (χ4v) is 2.15. The molecule has 0 radical (unpaired) electrons. The number of nitrogens with zero attached hydrogens (tertiary/aromatic N) is 3. The smallest absolute Gasteiger partial charge is 0.0726 e. The molecule has 0 saturated carbocycles. The summed E-state index contributed by atoms with van der Waals surface area (Å²) in [5.74, 6) is 0.0160. The molecule has 0 aliphatic carbocycles. The Morgan fingerprint density at radius 2 is 2.11 bits per heavy atom. The van der Waals surface area contributed by atoms with Crippen molar-refractivity contribution >= 4 is 16.6 Å². The third kappa shape index (κ3) is 2.43. The van der Waals surface area contributed by atoms with E-state index in [9.17, 15) is 0 Å². The molecule has 1 unspecified atom stereocenters. The molecule has 0 bridgehead atoms. The number of aryl methyl sites for hydroxylation is 1. The van der Waals surface area contributed by atoms with Crippen LogP contribution in [-0.4, -0.2) is 18.6 Å². The van der Waals surface area contributed by atoms with Crippen LogP contribution in [0.1, 0.15) is 12.6 Å². The van der Waals surface area contributed by atoms with Crippen molar-refractivity contribution in [1.29, 1.82) is 5.26 Å². The lowest BCUT2D eigenvalue weighted by Gasteiger charge is -2.22. The van der Waals surface area contributed by atoms with Gasteiger partial charge in [0.1, 0.15) is 0 Å². The van der Waals surface area contributed by atoms with Gasteiger partial charge in [0.15, 0.2) is 0 Å². The van der Waals surface area contributed by atoms with E-state index in [0.29, 0.717) is 0 Å². The summed E-state index contributed by atoms with van der Waals surface area (Å²) in [6.07, 6.45) is 0. The molecule has 0 aliphatic rings. The van der Waals surface area contributed by atoms with Crippen LogP contribution in [0, 0.1) is 24.2 Å². The van der Waals surface area contributed by atoms with E-state index in [-0.39, 0.29) is 5.92 Å². The Kier molecular flexibility index (Phi) is 3.47. The van der Waals surface area contributed by atoms with E-state index < -0.39 is 0 Å². The van der Waals surface area contributed by atoms with E-state index in [1.54, 1.807) is 0 Å². The Balaban J connectivity index is 2.46. The maximum atomic E-state index is 8.91. The van der Waals surface area contributed by atoms with Gasteiger partial charge in [-0.1, -0.05) is 18.2 Å². The Morgan fingerprint density at radius 1 is 1.39 bits per heavy atom. The molecule has 1 aromatic heterocycles. The summed E-state index contributed by atoms with van der Waals surface area (Å²) in [6, 6.07) is 12.5. The van der Waals surface area contributed by atoms with Gasteiger partial charge in [-0.25, -0.2) is 0 Å². The number of anilines is 1. The van der Waals surface area contributed by atoms with E-state index in [0.717, 1.165) is 28.8 Å². The number of para-hydroxylation sites is 1. The summed E-state index contributed by atoms with van der Waals surface area (Å²) in [7, 11) is 2.02.